The van der Waals surface area contributed by atoms with Crippen LogP contribution in [0.1, 0.15) is 62.1 Å². The first-order chi connectivity index (χ1) is 18.7. The van der Waals surface area contributed by atoms with Crippen LogP contribution >= 0.6 is 11.8 Å². The molecule has 3 saturated heterocycles. The van der Waals surface area contributed by atoms with Gasteiger partial charge in [0.2, 0.25) is 0 Å². The van der Waals surface area contributed by atoms with Gasteiger partial charge in [-0.3, -0.25) is 18.8 Å². The summed E-state index contributed by atoms with van der Waals surface area (Å²) in [5, 5.41) is 0. The number of pyridine rings is 1. The predicted molar refractivity (Wildman–Crippen MR) is 146 cm³/mol. The standard InChI is InChI=1S/C28H39F3N6OS/c1-34-17-32-33-25(34)24(19-4-2-5-19)20-6-3-7-21(9-20)36-12-23-22(28(29,30)31)8-18(11-37(23)26(36)38)10-35-13-27(14-35)15-39-16-27/h8,11-12,19-21,24-25,32-33H,2-7,9-10,13-17H2,1H3/t20?,21?,24-,25?/m1/s1. The Balaban J connectivity index is 1.17. The van der Waals surface area contributed by atoms with Crippen LogP contribution < -0.4 is 16.5 Å². The Morgan fingerprint density at radius 3 is 2.46 bits per heavy atom. The Kier molecular flexibility index (Phi) is 6.62. The van der Waals surface area contributed by atoms with Crippen LogP contribution in [0.4, 0.5) is 13.2 Å². The van der Waals surface area contributed by atoms with Gasteiger partial charge >= 0.3 is 11.9 Å². The number of hydrogen-bond donors (Lipinski definition) is 2. The normalized spacial score (nSPS) is 30.8. The fourth-order valence-electron chi connectivity index (χ4n) is 8.09. The fraction of sp³-hybridized carbons (Fsp3) is 0.750. The molecule has 7 rings (SSSR count). The largest absolute Gasteiger partial charge is 0.418 e. The molecule has 7 nitrogen and oxygen atoms in total. The molecule has 2 aliphatic carbocycles. The molecule has 11 heteroatoms. The minimum Gasteiger partial charge on any atom is -0.298 e. The molecule has 4 atom stereocenters. The Labute approximate surface area is 231 Å². The second-order valence-electron chi connectivity index (χ2n) is 13.0. The maximum Gasteiger partial charge on any atom is 0.418 e. The number of hydrogen-bond acceptors (Lipinski definition) is 6. The molecule has 2 N–H and O–H groups in total. The molecule has 0 amide bonds. The van der Waals surface area contributed by atoms with Crippen LogP contribution in [-0.2, 0) is 12.7 Å². The molecule has 39 heavy (non-hydrogen) atoms. The topological polar surface area (TPSA) is 56.9 Å². The SMILES string of the molecule is CN1CNNC1[C@H](C1CCC1)C1CCCC(n2cc3c(C(F)(F)F)cc(CN4CC5(CSC5)C4)cn3c2=O)C1. The van der Waals surface area contributed by atoms with E-state index < -0.39 is 11.7 Å². The highest BCUT2D eigenvalue weighted by atomic mass is 32.2. The van der Waals surface area contributed by atoms with Crippen LogP contribution in [0.2, 0.25) is 0 Å². The zero-order valence-electron chi connectivity index (χ0n) is 22.6. The molecular formula is C28H39F3N6OS. The highest BCUT2D eigenvalue weighted by Crippen LogP contribution is 2.47. The summed E-state index contributed by atoms with van der Waals surface area (Å²) in [4.78, 5) is 18.2. The first-order valence-corrected chi connectivity index (χ1v) is 15.7. The third-order valence-corrected chi connectivity index (χ3v) is 11.9. The number of hydrazine groups is 1. The van der Waals surface area contributed by atoms with Gasteiger partial charge in [-0.25, -0.2) is 15.6 Å². The molecule has 0 radical (unpaired) electrons. The lowest BCUT2D eigenvalue weighted by Crippen LogP contribution is -2.62. The molecule has 2 aromatic rings. The number of aromatic nitrogens is 2. The minimum absolute atomic E-state index is 0.0224. The summed E-state index contributed by atoms with van der Waals surface area (Å²) >= 11 is 1.94. The lowest BCUT2D eigenvalue weighted by atomic mass is 9.65. The van der Waals surface area contributed by atoms with Crippen molar-refractivity contribution in [2.75, 3.05) is 38.3 Å². The van der Waals surface area contributed by atoms with Crippen LogP contribution in [0, 0.1) is 23.2 Å². The summed E-state index contributed by atoms with van der Waals surface area (Å²) in [6.45, 7) is 3.12. The van der Waals surface area contributed by atoms with Crippen LogP contribution in [0.25, 0.3) is 5.52 Å². The van der Waals surface area contributed by atoms with E-state index >= 15 is 0 Å². The van der Waals surface area contributed by atoms with Crippen molar-refractivity contribution in [2.24, 2.45) is 23.2 Å². The lowest BCUT2D eigenvalue weighted by molar-refractivity contribution is -0.136. The molecule has 3 aliphatic heterocycles. The Morgan fingerprint density at radius 1 is 1.10 bits per heavy atom. The van der Waals surface area contributed by atoms with Crippen molar-refractivity contribution in [1.82, 2.24) is 29.6 Å². The molecule has 0 aromatic carbocycles. The predicted octanol–water partition coefficient (Wildman–Crippen LogP) is 4.14. The highest BCUT2D eigenvalue weighted by Gasteiger charge is 2.48. The molecule has 1 spiro atoms. The van der Waals surface area contributed by atoms with Gasteiger partial charge in [0, 0.05) is 55.0 Å². The van der Waals surface area contributed by atoms with Crippen LogP contribution in [0.15, 0.2) is 23.3 Å². The summed E-state index contributed by atoms with van der Waals surface area (Å²) in [6.07, 6.45) is 6.41. The van der Waals surface area contributed by atoms with Crippen molar-refractivity contribution in [3.63, 3.8) is 0 Å². The molecule has 2 aromatic heterocycles. The van der Waals surface area contributed by atoms with Gasteiger partial charge in [-0.05, 0) is 55.7 Å². The van der Waals surface area contributed by atoms with E-state index in [-0.39, 0.29) is 23.4 Å². The van der Waals surface area contributed by atoms with Crippen LogP contribution in [0.5, 0.6) is 0 Å². The summed E-state index contributed by atoms with van der Waals surface area (Å²) in [5.74, 6) is 3.86. The number of thioether (sulfide) groups is 1. The third kappa shape index (κ3) is 4.66. The van der Waals surface area contributed by atoms with Crippen molar-refractivity contribution < 1.29 is 13.2 Å². The van der Waals surface area contributed by atoms with Crippen molar-refractivity contribution in [2.45, 2.75) is 69.9 Å². The summed E-state index contributed by atoms with van der Waals surface area (Å²) in [6, 6.07) is 1.19. The van der Waals surface area contributed by atoms with E-state index in [1.807, 2.05) is 11.8 Å². The third-order valence-electron chi connectivity index (χ3n) is 10.2. The molecular weight excluding hydrogens is 525 g/mol. The maximum atomic E-state index is 14.3. The molecule has 5 fully saturated rings. The number of nitrogens with zero attached hydrogens (tertiary/aromatic N) is 4. The zero-order chi connectivity index (χ0) is 26.9. The van der Waals surface area contributed by atoms with E-state index in [2.05, 4.69) is 27.7 Å². The van der Waals surface area contributed by atoms with Gasteiger partial charge < -0.3 is 0 Å². The Morgan fingerprint density at radius 2 is 1.85 bits per heavy atom. The van der Waals surface area contributed by atoms with Crippen LogP contribution in [0.3, 0.4) is 0 Å². The Hall–Kier alpha value is -1.53. The second-order valence-corrected chi connectivity index (χ2v) is 14.0. The molecule has 3 unspecified atom stereocenters. The van der Waals surface area contributed by atoms with Gasteiger partial charge in [0.25, 0.3) is 0 Å². The highest BCUT2D eigenvalue weighted by molar-refractivity contribution is 8.00. The zero-order valence-corrected chi connectivity index (χ0v) is 23.4. The number of imidazole rings is 1. The monoisotopic (exact) mass is 564 g/mol. The number of nitrogens with one attached hydrogen (secondary N) is 2. The van der Waals surface area contributed by atoms with Crippen molar-refractivity contribution in [3.8, 4) is 0 Å². The van der Waals surface area contributed by atoms with Crippen LogP contribution in [-0.4, -0.2) is 63.2 Å². The number of alkyl halides is 3. The lowest BCUT2D eigenvalue weighted by Gasteiger charge is -2.55. The number of likely N-dealkylation sites (tertiary alicyclic amines) is 1. The van der Waals surface area contributed by atoms with Crippen molar-refractivity contribution in [1.29, 1.82) is 0 Å². The van der Waals surface area contributed by atoms with Crippen molar-refractivity contribution >= 4 is 17.3 Å². The van der Waals surface area contributed by atoms with E-state index in [0.717, 1.165) is 56.9 Å². The number of halogens is 3. The van der Waals surface area contributed by atoms with Gasteiger partial charge in [0.15, 0.2) is 0 Å². The maximum absolute atomic E-state index is 14.3. The molecule has 2 saturated carbocycles. The average Bonchev–Trinajstić information content (AvgIpc) is 3.39. The van der Waals surface area contributed by atoms with E-state index in [4.69, 9.17) is 0 Å². The van der Waals surface area contributed by atoms with Gasteiger partial charge in [-0.1, -0.05) is 25.7 Å². The fourth-order valence-corrected chi connectivity index (χ4v) is 9.23. The van der Waals surface area contributed by atoms with E-state index in [1.165, 1.54) is 35.9 Å². The van der Waals surface area contributed by atoms with Gasteiger partial charge in [0.05, 0.1) is 23.9 Å². The van der Waals surface area contributed by atoms with Crippen molar-refractivity contribution in [3.05, 3.63) is 40.1 Å². The molecule has 214 valence electrons. The second kappa shape index (κ2) is 9.79. The molecule has 5 aliphatic rings. The summed E-state index contributed by atoms with van der Waals surface area (Å²) < 4.78 is 45.7. The minimum atomic E-state index is -4.52. The van der Waals surface area contributed by atoms with E-state index in [0.29, 0.717) is 35.3 Å². The van der Waals surface area contributed by atoms with E-state index in [1.54, 1.807) is 10.8 Å². The quantitative estimate of drug-likeness (QED) is 0.550. The Bertz CT molecular complexity index is 1280. The summed E-state index contributed by atoms with van der Waals surface area (Å²) in [7, 11) is 2.14. The first kappa shape index (κ1) is 26.4. The van der Waals surface area contributed by atoms with Gasteiger partial charge in [0.1, 0.15) is 0 Å². The van der Waals surface area contributed by atoms with E-state index in [9.17, 15) is 18.0 Å². The van der Waals surface area contributed by atoms with Gasteiger partial charge in [-0.2, -0.15) is 24.9 Å². The summed E-state index contributed by atoms with van der Waals surface area (Å²) in [5.41, 5.74) is 6.63. The van der Waals surface area contributed by atoms with Gasteiger partial charge in [-0.15, -0.1) is 0 Å². The average molecular weight is 565 g/mol. The number of rotatable bonds is 6. The first-order valence-electron chi connectivity index (χ1n) is 14.5. The molecule has 0 bridgehead atoms. The number of fused-ring (bicyclic) bond motifs is 1. The smallest absolute Gasteiger partial charge is 0.298 e. The molecule has 5 heterocycles.